The molecule has 0 unspecified atom stereocenters. The van der Waals surface area contributed by atoms with Crippen LogP contribution in [0.15, 0.2) is 17.0 Å². The molecular formula is C24H35N3O8S. The van der Waals surface area contributed by atoms with Crippen LogP contribution in [0.2, 0.25) is 0 Å². The van der Waals surface area contributed by atoms with E-state index in [2.05, 4.69) is 4.72 Å². The van der Waals surface area contributed by atoms with Gasteiger partial charge in [-0.15, -0.1) is 0 Å². The molecule has 0 atom stereocenters. The second-order valence-electron chi connectivity index (χ2n) is 9.35. The van der Waals surface area contributed by atoms with Crippen LogP contribution in [0.5, 0.6) is 5.75 Å². The van der Waals surface area contributed by atoms with Gasteiger partial charge in [0.2, 0.25) is 21.8 Å². The van der Waals surface area contributed by atoms with E-state index in [1.807, 2.05) is 0 Å². The van der Waals surface area contributed by atoms with E-state index in [-0.39, 0.29) is 41.7 Å². The molecule has 1 aliphatic carbocycles. The van der Waals surface area contributed by atoms with Crippen LogP contribution in [0.25, 0.3) is 0 Å². The standard InChI is InChI=1S/C24H35N3O8S/c1-35-19-7-8-20(18(15-21(28)26-32)23(19)16-5-3-2-4-6-16)36(33,34)25-12-9-22(29)27-13-10-17(11-14-27)24(30)31/h7-8,16-17,25,32H,2-6,9-15H2,1H3,(H,26,28)(H,30,31). The van der Waals surface area contributed by atoms with Gasteiger partial charge < -0.3 is 14.7 Å². The summed E-state index contributed by atoms with van der Waals surface area (Å²) in [5.74, 6) is -1.79. The van der Waals surface area contributed by atoms with Crippen LogP contribution >= 0.6 is 0 Å². The first kappa shape index (κ1) is 27.9. The molecule has 200 valence electrons. The molecule has 1 aromatic rings. The van der Waals surface area contributed by atoms with Gasteiger partial charge in [-0.05, 0) is 49.3 Å². The zero-order valence-electron chi connectivity index (χ0n) is 20.5. The number of methoxy groups -OCH3 is 1. The van der Waals surface area contributed by atoms with Gasteiger partial charge >= 0.3 is 5.97 Å². The molecule has 2 amide bonds. The second-order valence-corrected chi connectivity index (χ2v) is 11.1. The quantitative estimate of drug-likeness (QED) is 0.265. The van der Waals surface area contributed by atoms with Crippen LogP contribution < -0.4 is 14.9 Å². The maximum absolute atomic E-state index is 13.3. The Morgan fingerprint density at radius 2 is 1.75 bits per heavy atom. The molecule has 2 aliphatic rings. The van der Waals surface area contributed by atoms with E-state index in [1.54, 1.807) is 16.4 Å². The van der Waals surface area contributed by atoms with Crippen LogP contribution in [-0.2, 0) is 30.8 Å². The highest BCUT2D eigenvalue weighted by Gasteiger charge is 2.30. The normalized spacial score (nSPS) is 17.6. The zero-order chi connectivity index (χ0) is 26.3. The first-order chi connectivity index (χ1) is 17.2. The van der Waals surface area contributed by atoms with Gasteiger partial charge in [0, 0.05) is 31.6 Å². The molecule has 1 saturated heterocycles. The first-order valence-electron chi connectivity index (χ1n) is 12.3. The Balaban J connectivity index is 1.77. The van der Waals surface area contributed by atoms with E-state index in [9.17, 15) is 22.8 Å². The Kier molecular flexibility index (Phi) is 9.69. The largest absolute Gasteiger partial charge is 0.496 e. The molecule has 11 nitrogen and oxygen atoms in total. The van der Waals surface area contributed by atoms with Crippen molar-refractivity contribution in [1.29, 1.82) is 0 Å². The molecule has 12 heteroatoms. The van der Waals surface area contributed by atoms with Crippen molar-refractivity contribution in [3.8, 4) is 5.75 Å². The van der Waals surface area contributed by atoms with Crippen molar-refractivity contribution in [2.24, 2.45) is 5.92 Å². The van der Waals surface area contributed by atoms with E-state index in [1.165, 1.54) is 13.2 Å². The Morgan fingerprint density at radius 1 is 1.08 bits per heavy atom. The third-order valence-electron chi connectivity index (χ3n) is 7.09. The van der Waals surface area contributed by atoms with E-state index in [0.717, 1.165) is 32.1 Å². The van der Waals surface area contributed by atoms with Crippen LogP contribution in [0, 0.1) is 5.92 Å². The van der Waals surface area contributed by atoms with Crippen molar-refractivity contribution in [2.45, 2.75) is 68.6 Å². The maximum Gasteiger partial charge on any atom is 0.306 e. The van der Waals surface area contributed by atoms with E-state index in [0.29, 0.717) is 37.2 Å². The number of nitrogens with zero attached hydrogens (tertiary/aromatic N) is 1. The smallest absolute Gasteiger partial charge is 0.306 e. The Hall–Kier alpha value is -2.70. The summed E-state index contributed by atoms with van der Waals surface area (Å²) in [5.41, 5.74) is 2.53. The predicted molar refractivity (Wildman–Crippen MR) is 129 cm³/mol. The molecule has 1 heterocycles. The van der Waals surface area contributed by atoms with Gasteiger partial charge in [-0.3, -0.25) is 19.6 Å². The number of rotatable bonds is 10. The summed E-state index contributed by atoms with van der Waals surface area (Å²) in [5, 5.41) is 18.2. The average Bonchev–Trinajstić information content (AvgIpc) is 2.88. The van der Waals surface area contributed by atoms with Gasteiger partial charge in [0.05, 0.1) is 24.3 Å². The summed E-state index contributed by atoms with van der Waals surface area (Å²) in [6.45, 7) is 0.509. The highest BCUT2D eigenvalue weighted by molar-refractivity contribution is 7.89. The molecule has 1 saturated carbocycles. The molecule has 0 bridgehead atoms. The predicted octanol–water partition coefficient (Wildman–Crippen LogP) is 1.78. The number of likely N-dealkylation sites (tertiary alicyclic amines) is 1. The minimum absolute atomic E-state index is 0.0284. The summed E-state index contributed by atoms with van der Waals surface area (Å²) in [6, 6.07) is 2.96. The number of hydroxylamine groups is 1. The van der Waals surface area contributed by atoms with Crippen LogP contribution in [0.4, 0.5) is 0 Å². The number of ether oxygens (including phenoxy) is 1. The highest BCUT2D eigenvalue weighted by Crippen LogP contribution is 2.41. The summed E-state index contributed by atoms with van der Waals surface area (Å²) >= 11 is 0. The molecule has 1 aliphatic heterocycles. The third-order valence-corrected chi connectivity index (χ3v) is 8.63. The number of sulfonamides is 1. The van der Waals surface area contributed by atoms with Gasteiger partial charge in [-0.2, -0.15) is 0 Å². The summed E-state index contributed by atoms with van der Waals surface area (Å²) in [6.07, 6.45) is 5.08. The minimum atomic E-state index is -4.09. The lowest BCUT2D eigenvalue weighted by molar-refractivity contribution is -0.145. The topological polar surface area (TPSA) is 162 Å². The van der Waals surface area contributed by atoms with Gasteiger partial charge in [0.15, 0.2) is 0 Å². The van der Waals surface area contributed by atoms with Crippen LogP contribution in [-0.4, -0.2) is 68.2 Å². The number of benzene rings is 1. The lowest BCUT2D eigenvalue weighted by Gasteiger charge is -2.30. The summed E-state index contributed by atoms with van der Waals surface area (Å²) in [7, 11) is -2.60. The van der Waals surface area contributed by atoms with Crippen molar-refractivity contribution in [3.05, 3.63) is 23.3 Å². The first-order valence-corrected chi connectivity index (χ1v) is 13.8. The number of nitrogens with one attached hydrogen (secondary N) is 2. The molecule has 4 N–H and O–H groups in total. The van der Waals surface area contributed by atoms with Gasteiger partial charge in [0.25, 0.3) is 0 Å². The van der Waals surface area contributed by atoms with Gasteiger partial charge in [-0.1, -0.05) is 19.3 Å². The number of hydrogen-bond donors (Lipinski definition) is 4. The summed E-state index contributed by atoms with van der Waals surface area (Å²) in [4.78, 5) is 37.2. The number of aliphatic carboxylic acids is 1. The Morgan fingerprint density at radius 3 is 2.33 bits per heavy atom. The Bertz CT molecular complexity index is 1060. The number of piperidine rings is 1. The fourth-order valence-corrected chi connectivity index (χ4v) is 6.46. The Labute approximate surface area is 211 Å². The fraction of sp³-hybridized carbons (Fsp3) is 0.625. The maximum atomic E-state index is 13.3. The number of carbonyl (C=O) groups is 3. The van der Waals surface area contributed by atoms with Crippen molar-refractivity contribution in [1.82, 2.24) is 15.1 Å². The summed E-state index contributed by atoms with van der Waals surface area (Å²) < 4.78 is 34.6. The van der Waals surface area contributed by atoms with Gasteiger partial charge in [-0.25, -0.2) is 18.6 Å². The van der Waals surface area contributed by atoms with Crippen molar-refractivity contribution >= 4 is 27.8 Å². The van der Waals surface area contributed by atoms with E-state index in [4.69, 9.17) is 15.1 Å². The van der Waals surface area contributed by atoms with E-state index >= 15 is 0 Å². The molecule has 36 heavy (non-hydrogen) atoms. The van der Waals surface area contributed by atoms with Crippen molar-refractivity contribution < 1.29 is 37.9 Å². The van der Waals surface area contributed by atoms with Gasteiger partial charge in [0.1, 0.15) is 5.75 Å². The molecule has 1 aromatic carbocycles. The fourth-order valence-electron chi connectivity index (χ4n) is 5.18. The van der Waals surface area contributed by atoms with Crippen molar-refractivity contribution in [3.63, 3.8) is 0 Å². The number of amides is 2. The third kappa shape index (κ3) is 6.74. The lowest BCUT2D eigenvalue weighted by Crippen LogP contribution is -2.41. The molecule has 0 spiro atoms. The molecule has 2 fully saturated rings. The lowest BCUT2D eigenvalue weighted by atomic mass is 9.81. The van der Waals surface area contributed by atoms with Crippen LogP contribution in [0.3, 0.4) is 0 Å². The monoisotopic (exact) mass is 525 g/mol. The van der Waals surface area contributed by atoms with Crippen molar-refractivity contribution in [2.75, 3.05) is 26.7 Å². The minimum Gasteiger partial charge on any atom is -0.496 e. The molecule has 0 aromatic heterocycles. The molecular weight excluding hydrogens is 490 g/mol. The molecule has 0 radical (unpaired) electrons. The number of carboxylic acids is 1. The SMILES string of the molecule is COc1ccc(S(=O)(=O)NCCC(=O)N2CCC(C(=O)O)CC2)c(CC(=O)NO)c1C1CCCCC1. The number of hydrogen-bond acceptors (Lipinski definition) is 7. The molecule has 3 rings (SSSR count). The van der Waals surface area contributed by atoms with E-state index < -0.39 is 27.8 Å². The second kappa shape index (κ2) is 12.5. The van der Waals surface area contributed by atoms with Crippen LogP contribution in [0.1, 0.15) is 68.4 Å². The average molecular weight is 526 g/mol. The highest BCUT2D eigenvalue weighted by atomic mass is 32.2. The zero-order valence-corrected chi connectivity index (χ0v) is 21.3. The number of carboxylic acid groups (broad SMARTS) is 1. The number of carbonyl (C=O) groups excluding carboxylic acids is 2.